The molecule has 0 spiro atoms. The average Bonchev–Trinajstić information content (AvgIpc) is 2.30. The standard InChI is InChI=1S/C12H15IN2O/c13-10-3-1-9(2-4-10)12(16)15-7-5-11(14)6-8-15/h1-4,11H,5-8,14H2. The molecule has 1 saturated heterocycles. The molecule has 1 heterocycles. The van der Waals surface area contributed by atoms with Gasteiger partial charge in [0.2, 0.25) is 0 Å². The quantitative estimate of drug-likeness (QED) is 0.799. The Balaban J connectivity index is 2.05. The normalized spacial score (nSPS) is 17.5. The number of halogens is 1. The van der Waals surface area contributed by atoms with E-state index >= 15 is 0 Å². The van der Waals surface area contributed by atoms with Gasteiger partial charge in [-0.05, 0) is 59.7 Å². The zero-order valence-electron chi connectivity index (χ0n) is 9.03. The van der Waals surface area contributed by atoms with Crippen molar-refractivity contribution in [2.75, 3.05) is 13.1 Å². The van der Waals surface area contributed by atoms with Crippen LogP contribution in [0.15, 0.2) is 24.3 Å². The first-order chi connectivity index (χ1) is 7.66. The van der Waals surface area contributed by atoms with E-state index in [1.807, 2.05) is 29.2 Å². The SMILES string of the molecule is NC1CCN(C(=O)c2ccc(I)cc2)CC1. The first kappa shape index (κ1) is 11.9. The van der Waals surface area contributed by atoms with E-state index in [9.17, 15) is 4.79 Å². The number of carbonyl (C=O) groups excluding carboxylic acids is 1. The summed E-state index contributed by atoms with van der Waals surface area (Å²) in [6.07, 6.45) is 1.83. The van der Waals surface area contributed by atoms with Crippen molar-refractivity contribution < 1.29 is 4.79 Å². The van der Waals surface area contributed by atoms with Crippen LogP contribution < -0.4 is 5.73 Å². The Bertz CT molecular complexity index is 369. The number of nitrogens with zero attached hydrogens (tertiary/aromatic N) is 1. The predicted molar refractivity (Wildman–Crippen MR) is 72.3 cm³/mol. The monoisotopic (exact) mass is 330 g/mol. The molecule has 1 fully saturated rings. The Morgan fingerprint density at radius 1 is 1.25 bits per heavy atom. The van der Waals surface area contributed by atoms with Crippen LogP contribution in [0.1, 0.15) is 23.2 Å². The van der Waals surface area contributed by atoms with Crippen LogP contribution in [0, 0.1) is 3.57 Å². The molecule has 0 saturated carbocycles. The molecular formula is C12H15IN2O. The van der Waals surface area contributed by atoms with E-state index < -0.39 is 0 Å². The molecule has 4 heteroatoms. The van der Waals surface area contributed by atoms with Crippen molar-refractivity contribution >= 4 is 28.5 Å². The maximum absolute atomic E-state index is 12.1. The van der Waals surface area contributed by atoms with Crippen LogP contribution in [0.5, 0.6) is 0 Å². The average molecular weight is 330 g/mol. The van der Waals surface area contributed by atoms with Gasteiger partial charge >= 0.3 is 0 Å². The second kappa shape index (κ2) is 5.14. The minimum absolute atomic E-state index is 0.128. The van der Waals surface area contributed by atoms with Crippen molar-refractivity contribution in [1.29, 1.82) is 0 Å². The first-order valence-corrected chi connectivity index (χ1v) is 6.55. The highest BCUT2D eigenvalue weighted by Gasteiger charge is 2.21. The van der Waals surface area contributed by atoms with Crippen LogP contribution >= 0.6 is 22.6 Å². The van der Waals surface area contributed by atoms with E-state index in [-0.39, 0.29) is 11.9 Å². The van der Waals surface area contributed by atoms with Crippen molar-refractivity contribution in [2.24, 2.45) is 5.73 Å². The Morgan fingerprint density at radius 2 is 1.81 bits per heavy atom. The van der Waals surface area contributed by atoms with Crippen LogP contribution in [-0.2, 0) is 0 Å². The van der Waals surface area contributed by atoms with E-state index in [0.29, 0.717) is 0 Å². The summed E-state index contributed by atoms with van der Waals surface area (Å²) in [5.41, 5.74) is 6.59. The number of hydrogen-bond acceptors (Lipinski definition) is 2. The summed E-state index contributed by atoms with van der Waals surface area (Å²) >= 11 is 2.24. The van der Waals surface area contributed by atoms with Crippen LogP contribution in [0.2, 0.25) is 0 Å². The number of nitrogens with two attached hydrogens (primary N) is 1. The smallest absolute Gasteiger partial charge is 0.253 e. The Hall–Kier alpha value is -0.620. The molecular weight excluding hydrogens is 315 g/mol. The van der Waals surface area contributed by atoms with E-state index in [0.717, 1.165) is 35.1 Å². The molecule has 2 N–H and O–H groups in total. The number of likely N-dealkylation sites (tertiary alicyclic amines) is 1. The zero-order valence-corrected chi connectivity index (χ0v) is 11.2. The van der Waals surface area contributed by atoms with Gasteiger partial charge in [0.25, 0.3) is 5.91 Å². The van der Waals surface area contributed by atoms with Gasteiger partial charge in [-0.15, -0.1) is 0 Å². The van der Waals surface area contributed by atoms with Gasteiger partial charge in [0, 0.05) is 28.3 Å². The largest absolute Gasteiger partial charge is 0.339 e. The summed E-state index contributed by atoms with van der Waals surface area (Å²) in [7, 11) is 0. The summed E-state index contributed by atoms with van der Waals surface area (Å²) in [4.78, 5) is 14.0. The molecule has 16 heavy (non-hydrogen) atoms. The number of benzene rings is 1. The Labute approximate surface area is 109 Å². The zero-order chi connectivity index (χ0) is 11.5. The second-order valence-electron chi connectivity index (χ2n) is 4.14. The van der Waals surface area contributed by atoms with Crippen LogP contribution in [-0.4, -0.2) is 29.9 Å². The molecule has 3 nitrogen and oxygen atoms in total. The van der Waals surface area contributed by atoms with Gasteiger partial charge in [0.1, 0.15) is 0 Å². The number of piperidine rings is 1. The fraction of sp³-hybridized carbons (Fsp3) is 0.417. The van der Waals surface area contributed by atoms with Gasteiger partial charge in [-0.2, -0.15) is 0 Å². The third-order valence-corrected chi connectivity index (χ3v) is 3.64. The Kier molecular flexibility index (Phi) is 3.81. The molecule has 0 atom stereocenters. The maximum atomic E-state index is 12.1. The van der Waals surface area contributed by atoms with Crippen molar-refractivity contribution in [2.45, 2.75) is 18.9 Å². The Morgan fingerprint density at radius 3 is 2.38 bits per heavy atom. The molecule has 2 rings (SSSR count). The fourth-order valence-electron chi connectivity index (χ4n) is 1.88. The lowest BCUT2D eigenvalue weighted by atomic mass is 10.1. The highest BCUT2D eigenvalue weighted by molar-refractivity contribution is 14.1. The number of hydrogen-bond donors (Lipinski definition) is 1. The molecule has 1 aromatic rings. The molecule has 0 aliphatic carbocycles. The molecule has 0 bridgehead atoms. The summed E-state index contributed by atoms with van der Waals surface area (Å²) in [6.45, 7) is 1.57. The van der Waals surface area contributed by atoms with E-state index in [4.69, 9.17) is 5.73 Å². The van der Waals surface area contributed by atoms with Gasteiger partial charge in [-0.1, -0.05) is 0 Å². The molecule has 1 aromatic carbocycles. The van der Waals surface area contributed by atoms with E-state index in [1.165, 1.54) is 0 Å². The maximum Gasteiger partial charge on any atom is 0.253 e. The van der Waals surface area contributed by atoms with Crippen LogP contribution in [0.25, 0.3) is 0 Å². The number of carbonyl (C=O) groups is 1. The molecule has 1 aliphatic heterocycles. The van der Waals surface area contributed by atoms with Gasteiger partial charge in [0.05, 0.1) is 0 Å². The van der Waals surface area contributed by atoms with Crippen molar-refractivity contribution in [1.82, 2.24) is 4.90 Å². The van der Waals surface area contributed by atoms with Crippen molar-refractivity contribution in [3.05, 3.63) is 33.4 Å². The van der Waals surface area contributed by atoms with E-state index in [1.54, 1.807) is 0 Å². The van der Waals surface area contributed by atoms with Gasteiger partial charge in [-0.25, -0.2) is 0 Å². The lowest BCUT2D eigenvalue weighted by Crippen LogP contribution is -2.42. The lowest BCUT2D eigenvalue weighted by molar-refractivity contribution is 0.0715. The van der Waals surface area contributed by atoms with Gasteiger partial charge in [0.15, 0.2) is 0 Å². The highest BCUT2D eigenvalue weighted by Crippen LogP contribution is 2.14. The highest BCUT2D eigenvalue weighted by atomic mass is 127. The third kappa shape index (κ3) is 2.74. The molecule has 86 valence electrons. The van der Waals surface area contributed by atoms with Gasteiger partial charge in [-0.3, -0.25) is 4.79 Å². The van der Waals surface area contributed by atoms with Crippen LogP contribution in [0.3, 0.4) is 0 Å². The van der Waals surface area contributed by atoms with Crippen molar-refractivity contribution in [3.8, 4) is 0 Å². The topological polar surface area (TPSA) is 46.3 Å². The number of rotatable bonds is 1. The van der Waals surface area contributed by atoms with Crippen molar-refractivity contribution in [3.63, 3.8) is 0 Å². The fourth-order valence-corrected chi connectivity index (χ4v) is 2.24. The molecule has 1 amide bonds. The molecule has 0 unspecified atom stereocenters. The molecule has 0 aromatic heterocycles. The van der Waals surface area contributed by atoms with Crippen LogP contribution in [0.4, 0.5) is 0 Å². The molecule has 1 aliphatic rings. The summed E-state index contributed by atoms with van der Waals surface area (Å²) in [5, 5.41) is 0. The number of amides is 1. The van der Waals surface area contributed by atoms with Gasteiger partial charge < -0.3 is 10.6 Å². The summed E-state index contributed by atoms with van der Waals surface area (Å²) < 4.78 is 1.15. The summed E-state index contributed by atoms with van der Waals surface area (Å²) in [6, 6.07) is 7.96. The first-order valence-electron chi connectivity index (χ1n) is 5.47. The minimum atomic E-state index is 0.128. The third-order valence-electron chi connectivity index (χ3n) is 2.92. The summed E-state index contributed by atoms with van der Waals surface area (Å²) in [5.74, 6) is 0.128. The predicted octanol–water partition coefficient (Wildman–Crippen LogP) is 1.85. The molecule has 0 radical (unpaired) electrons. The minimum Gasteiger partial charge on any atom is -0.339 e. The lowest BCUT2D eigenvalue weighted by Gasteiger charge is -2.30. The second-order valence-corrected chi connectivity index (χ2v) is 5.38. The van der Waals surface area contributed by atoms with E-state index in [2.05, 4.69) is 22.6 Å².